The minimum absolute atomic E-state index is 0.527. The minimum Gasteiger partial charge on any atom is -0.367 e. The number of anilines is 1. The van der Waals surface area contributed by atoms with Crippen LogP contribution in [0.3, 0.4) is 0 Å². The van der Waals surface area contributed by atoms with E-state index in [0.717, 1.165) is 25.2 Å². The lowest BCUT2D eigenvalue weighted by atomic mass is 10.0. The summed E-state index contributed by atoms with van der Waals surface area (Å²) in [5.41, 5.74) is 0. The van der Waals surface area contributed by atoms with Crippen LogP contribution in [0.2, 0.25) is 0 Å². The van der Waals surface area contributed by atoms with Gasteiger partial charge in [-0.15, -0.1) is 0 Å². The summed E-state index contributed by atoms with van der Waals surface area (Å²) in [5.74, 6) is 1.02. The van der Waals surface area contributed by atoms with Crippen molar-refractivity contribution in [3.63, 3.8) is 0 Å². The standard InChI is InChI=1S/C15H19N3/c1-11-10-13(7-9-16-11)18-15-14-5-3-2-4-12(14)6-8-17-15/h2-6,8,11,13,16H,7,9-10H2,1H3,(H,17,18). The van der Waals surface area contributed by atoms with Crippen molar-refractivity contribution < 1.29 is 0 Å². The van der Waals surface area contributed by atoms with Gasteiger partial charge in [0.05, 0.1) is 0 Å². The first-order valence-electron chi connectivity index (χ1n) is 6.66. The lowest BCUT2D eigenvalue weighted by Gasteiger charge is -2.29. The molecule has 2 heterocycles. The van der Waals surface area contributed by atoms with E-state index in [4.69, 9.17) is 0 Å². The Balaban J connectivity index is 1.86. The van der Waals surface area contributed by atoms with E-state index in [1.807, 2.05) is 6.20 Å². The van der Waals surface area contributed by atoms with Gasteiger partial charge < -0.3 is 10.6 Å². The molecule has 1 aromatic heterocycles. The molecule has 2 atom stereocenters. The van der Waals surface area contributed by atoms with Crippen LogP contribution < -0.4 is 10.6 Å². The quantitative estimate of drug-likeness (QED) is 0.849. The van der Waals surface area contributed by atoms with Crippen LogP contribution in [0.4, 0.5) is 5.82 Å². The topological polar surface area (TPSA) is 37.0 Å². The lowest BCUT2D eigenvalue weighted by molar-refractivity contribution is 0.396. The molecule has 18 heavy (non-hydrogen) atoms. The molecule has 1 aliphatic heterocycles. The molecule has 2 unspecified atom stereocenters. The highest BCUT2D eigenvalue weighted by atomic mass is 15.0. The van der Waals surface area contributed by atoms with Crippen molar-refractivity contribution in [2.45, 2.75) is 31.8 Å². The molecule has 0 aliphatic carbocycles. The first-order valence-corrected chi connectivity index (χ1v) is 6.66. The first-order chi connectivity index (χ1) is 8.83. The van der Waals surface area contributed by atoms with E-state index in [1.54, 1.807) is 0 Å². The Bertz CT molecular complexity index is 533. The van der Waals surface area contributed by atoms with Crippen molar-refractivity contribution in [1.82, 2.24) is 10.3 Å². The number of pyridine rings is 1. The summed E-state index contributed by atoms with van der Waals surface area (Å²) in [6, 6.07) is 11.6. The number of fused-ring (bicyclic) bond motifs is 1. The van der Waals surface area contributed by atoms with Crippen LogP contribution in [-0.2, 0) is 0 Å². The van der Waals surface area contributed by atoms with Crippen LogP contribution in [0.1, 0.15) is 19.8 Å². The molecule has 2 aromatic rings. The smallest absolute Gasteiger partial charge is 0.134 e. The molecular weight excluding hydrogens is 222 g/mol. The molecule has 1 aromatic carbocycles. The molecule has 0 saturated carbocycles. The second-order valence-corrected chi connectivity index (χ2v) is 5.10. The van der Waals surface area contributed by atoms with E-state index >= 15 is 0 Å². The number of nitrogens with zero attached hydrogens (tertiary/aromatic N) is 1. The number of rotatable bonds is 2. The predicted molar refractivity (Wildman–Crippen MR) is 75.9 cm³/mol. The largest absolute Gasteiger partial charge is 0.367 e. The SMILES string of the molecule is CC1CC(Nc2nccc3ccccc23)CCN1. The van der Waals surface area contributed by atoms with Gasteiger partial charge in [-0.25, -0.2) is 4.98 Å². The second-order valence-electron chi connectivity index (χ2n) is 5.10. The average Bonchev–Trinajstić information content (AvgIpc) is 2.39. The lowest BCUT2D eigenvalue weighted by Crippen LogP contribution is -2.41. The monoisotopic (exact) mass is 241 g/mol. The normalized spacial score (nSPS) is 24.1. The van der Waals surface area contributed by atoms with Crippen molar-refractivity contribution >= 4 is 16.6 Å². The Morgan fingerprint density at radius 2 is 2.17 bits per heavy atom. The third-order valence-corrected chi connectivity index (χ3v) is 3.64. The number of aromatic nitrogens is 1. The van der Waals surface area contributed by atoms with Crippen molar-refractivity contribution in [3.8, 4) is 0 Å². The van der Waals surface area contributed by atoms with Gasteiger partial charge in [-0.1, -0.05) is 24.3 Å². The van der Waals surface area contributed by atoms with E-state index in [1.165, 1.54) is 10.8 Å². The molecular formula is C15H19N3. The van der Waals surface area contributed by atoms with Crippen LogP contribution in [0.5, 0.6) is 0 Å². The zero-order chi connectivity index (χ0) is 12.4. The van der Waals surface area contributed by atoms with Gasteiger partial charge in [0.2, 0.25) is 0 Å². The van der Waals surface area contributed by atoms with Crippen LogP contribution in [0.15, 0.2) is 36.5 Å². The van der Waals surface area contributed by atoms with Crippen molar-refractivity contribution in [1.29, 1.82) is 0 Å². The number of hydrogen-bond acceptors (Lipinski definition) is 3. The van der Waals surface area contributed by atoms with Crippen molar-refractivity contribution in [3.05, 3.63) is 36.5 Å². The molecule has 3 rings (SSSR count). The number of benzene rings is 1. The summed E-state index contributed by atoms with van der Waals surface area (Å²) in [4.78, 5) is 4.49. The fraction of sp³-hybridized carbons (Fsp3) is 0.400. The maximum atomic E-state index is 4.49. The van der Waals surface area contributed by atoms with E-state index in [9.17, 15) is 0 Å². The van der Waals surface area contributed by atoms with Gasteiger partial charge >= 0.3 is 0 Å². The van der Waals surface area contributed by atoms with Crippen LogP contribution in [0, 0.1) is 0 Å². The van der Waals surface area contributed by atoms with Gasteiger partial charge in [-0.05, 0) is 37.8 Å². The summed E-state index contributed by atoms with van der Waals surface area (Å²) in [7, 11) is 0. The van der Waals surface area contributed by atoms with E-state index in [-0.39, 0.29) is 0 Å². The van der Waals surface area contributed by atoms with Crippen molar-refractivity contribution in [2.24, 2.45) is 0 Å². The molecule has 0 bridgehead atoms. The van der Waals surface area contributed by atoms with Crippen molar-refractivity contribution in [2.75, 3.05) is 11.9 Å². The number of piperidine rings is 1. The maximum Gasteiger partial charge on any atom is 0.134 e. The Hall–Kier alpha value is -1.61. The summed E-state index contributed by atoms with van der Waals surface area (Å²) in [6.07, 6.45) is 4.20. The molecule has 94 valence electrons. The van der Waals surface area contributed by atoms with Gasteiger partial charge in [0, 0.05) is 23.7 Å². The number of hydrogen-bond donors (Lipinski definition) is 2. The summed E-state index contributed by atoms with van der Waals surface area (Å²) in [6.45, 7) is 3.33. The zero-order valence-electron chi connectivity index (χ0n) is 10.7. The fourth-order valence-electron chi connectivity index (χ4n) is 2.69. The van der Waals surface area contributed by atoms with Crippen LogP contribution in [-0.4, -0.2) is 23.6 Å². The zero-order valence-corrected chi connectivity index (χ0v) is 10.7. The molecule has 0 spiro atoms. The minimum atomic E-state index is 0.527. The first kappa shape index (κ1) is 11.5. The average molecular weight is 241 g/mol. The summed E-state index contributed by atoms with van der Waals surface area (Å²) in [5, 5.41) is 9.54. The Labute approximate surface area is 108 Å². The van der Waals surface area contributed by atoms with Gasteiger partial charge in [0.15, 0.2) is 0 Å². The Kier molecular flexibility index (Phi) is 3.15. The number of nitrogens with one attached hydrogen (secondary N) is 2. The molecule has 3 heteroatoms. The molecule has 0 amide bonds. The maximum absolute atomic E-state index is 4.49. The van der Waals surface area contributed by atoms with Gasteiger partial charge in [-0.2, -0.15) is 0 Å². The molecule has 3 nitrogen and oxygen atoms in total. The predicted octanol–water partition coefficient (Wildman–Crippen LogP) is 2.79. The summed E-state index contributed by atoms with van der Waals surface area (Å²) >= 11 is 0. The highest BCUT2D eigenvalue weighted by Gasteiger charge is 2.18. The highest BCUT2D eigenvalue weighted by molar-refractivity contribution is 5.91. The Morgan fingerprint density at radius 3 is 3.06 bits per heavy atom. The fourth-order valence-corrected chi connectivity index (χ4v) is 2.69. The van der Waals surface area contributed by atoms with E-state index < -0.39 is 0 Å². The van der Waals surface area contributed by atoms with Crippen LogP contribution >= 0.6 is 0 Å². The summed E-state index contributed by atoms with van der Waals surface area (Å²) < 4.78 is 0. The van der Waals surface area contributed by atoms with Gasteiger partial charge in [0.25, 0.3) is 0 Å². The van der Waals surface area contributed by atoms with Crippen LogP contribution in [0.25, 0.3) is 10.8 Å². The van der Waals surface area contributed by atoms with Gasteiger partial charge in [-0.3, -0.25) is 0 Å². The highest BCUT2D eigenvalue weighted by Crippen LogP contribution is 2.23. The molecule has 1 aliphatic rings. The van der Waals surface area contributed by atoms with E-state index in [0.29, 0.717) is 12.1 Å². The van der Waals surface area contributed by atoms with Gasteiger partial charge in [0.1, 0.15) is 5.82 Å². The Morgan fingerprint density at radius 1 is 1.28 bits per heavy atom. The second kappa shape index (κ2) is 4.94. The molecule has 0 radical (unpaired) electrons. The molecule has 2 N–H and O–H groups in total. The molecule has 1 saturated heterocycles. The third kappa shape index (κ3) is 2.31. The van der Waals surface area contributed by atoms with E-state index in [2.05, 4.69) is 52.9 Å². The molecule has 1 fully saturated rings. The third-order valence-electron chi connectivity index (χ3n) is 3.64.